The number of nitrogens with zero attached hydrogens (tertiary/aromatic N) is 4. The van der Waals surface area contributed by atoms with Crippen molar-refractivity contribution >= 4 is 17.9 Å². The Labute approximate surface area is 210 Å². The fourth-order valence-corrected chi connectivity index (χ4v) is 4.10. The number of ether oxygens (including phenoxy) is 1. The Bertz CT molecular complexity index is 1380. The molecule has 3 aromatic rings. The van der Waals surface area contributed by atoms with Gasteiger partial charge in [-0.1, -0.05) is 48.0 Å². The summed E-state index contributed by atoms with van der Waals surface area (Å²) in [6.07, 6.45) is 4.09. The first-order valence-corrected chi connectivity index (χ1v) is 11.9. The van der Waals surface area contributed by atoms with Gasteiger partial charge in [-0.15, -0.1) is 0 Å². The minimum Gasteiger partial charge on any atom is -0.382 e. The SMILES string of the molecule is CCOCCCN1C(=O)C(C#N)=C(C)/C(=C\c2cn(-c3ccccc3)nc2-c2ccc(C)cc2)C1=O. The molecule has 36 heavy (non-hydrogen) atoms. The molecule has 1 aliphatic heterocycles. The van der Waals surface area contributed by atoms with E-state index in [1.807, 2.05) is 80.7 Å². The van der Waals surface area contributed by atoms with Crippen LogP contribution in [0.3, 0.4) is 0 Å². The van der Waals surface area contributed by atoms with Crippen LogP contribution < -0.4 is 0 Å². The third kappa shape index (κ3) is 5.04. The lowest BCUT2D eigenvalue weighted by molar-refractivity contribution is -0.140. The maximum absolute atomic E-state index is 13.5. The lowest BCUT2D eigenvalue weighted by Gasteiger charge is -2.27. The molecule has 2 aromatic carbocycles. The highest BCUT2D eigenvalue weighted by Crippen LogP contribution is 2.31. The van der Waals surface area contributed by atoms with E-state index in [-0.39, 0.29) is 12.1 Å². The number of aromatic nitrogens is 2. The molecule has 0 radical (unpaired) electrons. The summed E-state index contributed by atoms with van der Waals surface area (Å²) in [5.74, 6) is -0.984. The Morgan fingerprint density at radius 2 is 1.75 bits per heavy atom. The van der Waals surface area contributed by atoms with Gasteiger partial charge in [0.2, 0.25) is 0 Å². The molecule has 0 saturated carbocycles. The summed E-state index contributed by atoms with van der Waals surface area (Å²) >= 11 is 0. The maximum Gasteiger partial charge on any atom is 0.271 e. The van der Waals surface area contributed by atoms with Crippen LogP contribution >= 0.6 is 0 Å². The number of carbonyl (C=O) groups excluding carboxylic acids is 2. The number of imide groups is 1. The van der Waals surface area contributed by atoms with Crippen LogP contribution in [0, 0.1) is 18.3 Å². The number of hydrogen-bond acceptors (Lipinski definition) is 5. The van der Waals surface area contributed by atoms with Crippen LogP contribution in [0.15, 0.2) is 77.5 Å². The molecular formula is C29H28N4O3. The van der Waals surface area contributed by atoms with E-state index in [2.05, 4.69) is 0 Å². The Hall–Kier alpha value is -4.28. The normalized spacial score (nSPS) is 15.1. The number of para-hydroxylation sites is 1. The van der Waals surface area contributed by atoms with Gasteiger partial charge >= 0.3 is 0 Å². The minimum absolute atomic E-state index is 0.0235. The molecule has 1 aromatic heterocycles. The molecule has 0 fully saturated rings. The molecule has 0 atom stereocenters. The van der Waals surface area contributed by atoms with Crippen molar-refractivity contribution in [3.05, 3.63) is 88.6 Å². The van der Waals surface area contributed by atoms with Crippen molar-refractivity contribution in [2.75, 3.05) is 19.8 Å². The minimum atomic E-state index is -0.563. The standard InChI is InChI=1S/C29H28N4O3/c1-4-36-16-8-15-32-28(34)25(21(3)26(18-30)29(32)35)17-23-19-33(24-9-6-5-7-10-24)31-27(23)22-13-11-20(2)12-14-22/h5-7,9-14,17,19H,4,8,15-16H2,1-3H3/b25-17+. The van der Waals surface area contributed by atoms with Crippen molar-refractivity contribution < 1.29 is 14.3 Å². The molecule has 0 aliphatic carbocycles. The predicted octanol–water partition coefficient (Wildman–Crippen LogP) is 4.87. The van der Waals surface area contributed by atoms with Crippen molar-refractivity contribution in [2.45, 2.75) is 27.2 Å². The number of benzene rings is 2. The van der Waals surface area contributed by atoms with Gasteiger partial charge in [-0.3, -0.25) is 14.5 Å². The molecule has 0 unspecified atom stereocenters. The Balaban J connectivity index is 1.82. The quantitative estimate of drug-likeness (QED) is 0.261. The van der Waals surface area contributed by atoms with E-state index in [9.17, 15) is 14.9 Å². The van der Waals surface area contributed by atoms with Crippen LogP contribution in [0.2, 0.25) is 0 Å². The van der Waals surface area contributed by atoms with Crippen LogP contribution in [0.5, 0.6) is 0 Å². The highest BCUT2D eigenvalue weighted by molar-refractivity contribution is 6.19. The first kappa shape index (κ1) is 24.8. The number of nitriles is 1. The summed E-state index contributed by atoms with van der Waals surface area (Å²) in [5.41, 5.74) is 4.98. The Morgan fingerprint density at radius 1 is 1.03 bits per heavy atom. The van der Waals surface area contributed by atoms with Crippen LogP contribution in [-0.2, 0) is 14.3 Å². The first-order chi connectivity index (χ1) is 17.4. The summed E-state index contributed by atoms with van der Waals surface area (Å²) in [7, 11) is 0. The zero-order chi connectivity index (χ0) is 25.7. The van der Waals surface area contributed by atoms with Crippen LogP contribution in [0.4, 0.5) is 0 Å². The number of amides is 2. The summed E-state index contributed by atoms with van der Waals surface area (Å²) in [6, 6.07) is 19.7. The molecule has 2 heterocycles. The lowest BCUT2D eigenvalue weighted by Crippen LogP contribution is -2.43. The smallest absolute Gasteiger partial charge is 0.271 e. The van der Waals surface area contributed by atoms with E-state index in [1.165, 1.54) is 0 Å². The number of hydrogen-bond donors (Lipinski definition) is 0. The second kappa shape index (κ2) is 11.0. The highest BCUT2D eigenvalue weighted by atomic mass is 16.5. The van der Waals surface area contributed by atoms with E-state index < -0.39 is 11.8 Å². The van der Waals surface area contributed by atoms with E-state index >= 15 is 0 Å². The van der Waals surface area contributed by atoms with Gasteiger partial charge in [0.05, 0.1) is 11.4 Å². The molecule has 1 aliphatic rings. The van der Waals surface area contributed by atoms with Crippen molar-refractivity contribution in [3.8, 4) is 23.0 Å². The van der Waals surface area contributed by atoms with Crippen LogP contribution in [-0.4, -0.2) is 46.3 Å². The summed E-state index contributed by atoms with van der Waals surface area (Å²) in [5, 5.41) is 14.5. The molecular weight excluding hydrogens is 452 g/mol. The van der Waals surface area contributed by atoms with Crippen molar-refractivity contribution in [1.29, 1.82) is 5.26 Å². The lowest BCUT2D eigenvalue weighted by atomic mass is 9.93. The summed E-state index contributed by atoms with van der Waals surface area (Å²) in [6.45, 7) is 6.72. The molecule has 4 rings (SSSR count). The number of carbonyl (C=O) groups is 2. The van der Waals surface area contributed by atoms with Gasteiger partial charge in [-0.25, -0.2) is 4.68 Å². The average molecular weight is 481 g/mol. The maximum atomic E-state index is 13.5. The Morgan fingerprint density at radius 3 is 2.42 bits per heavy atom. The summed E-state index contributed by atoms with van der Waals surface area (Å²) < 4.78 is 7.13. The second-order valence-electron chi connectivity index (χ2n) is 8.56. The fraction of sp³-hybridized carbons (Fsp3) is 0.241. The van der Waals surface area contributed by atoms with Crippen molar-refractivity contribution in [3.63, 3.8) is 0 Å². The second-order valence-corrected chi connectivity index (χ2v) is 8.56. The summed E-state index contributed by atoms with van der Waals surface area (Å²) in [4.78, 5) is 27.5. The van der Waals surface area contributed by atoms with E-state index in [0.717, 1.165) is 21.7 Å². The van der Waals surface area contributed by atoms with E-state index in [0.29, 0.717) is 42.0 Å². The molecule has 0 saturated heterocycles. The molecule has 2 amide bonds. The third-order valence-corrected chi connectivity index (χ3v) is 6.09. The topological polar surface area (TPSA) is 88.2 Å². The van der Waals surface area contributed by atoms with Gasteiger partial charge in [0.25, 0.3) is 11.8 Å². The van der Waals surface area contributed by atoms with Gasteiger partial charge in [-0.2, -0.15) is 10.4 Å². The molecule has 0 bridgehead atoms. The molecule has 182 valence electrons. The predicted molar refractivity (Wildman–Crippen MR) is 138 cm³/mol. The van der Waals surface area contributed by atoms with Crippen LogP contribution in [0.25, 0.3) is 23.0 Å². The fourth-order valence-electron chi connectivity index (χ4n) is 4.10. The zero-order valence-corrected chi connectivity index (χ0v) is 20.7. The molecule has 0 N–H and O–H groups in total. The third-order valence-electron chi connectivity index (χ3n) is 6.09. The average Bonchev–Trinajstić information content (AvgIpc) is 3.31. The number of rotatable bonds is 8. The van der Waals surface area contributed by atoms with E-state index in [1.54, 1.807) is 17.7 Å². The first-order valence-electron chi connectivity index (χ1n) is 11.9. The van der Waals surface area contributed by atoms with Crippen molar-refractivity contribution in [1.82, 2.24) is 14.7 Å². The van der Waals surface area contributed by atoms with Gasteiger partial charge in [0, 0.05) is 42.7 Å². The molecule has 7 nitrogen and oxygen atoms in total. The monoisotopic (exact) mass is 480 g/mol. The Kier molecular flexibility index (Phi) is 7.57. The molecule has 0 spiro atoms. The van der Waals surface area contributed by atoms with E-state index in [4.69, 9.17) is 9.84 Å². The van der Waals surface area contributed by atoms with Crippen molar-refractivity contribution in [2.24, 2.45) is 0 Å². The van der Waals surface area contributed by atoms with Gasteiger partial charge in [0.15, 0.2) is 0 Å². The largest absolute Gasteiger partial charge is 0.382 e. The zero-order valence-electron chi connectivity index (χ0n) is 20.7. The highest BCUT2D eigenvalue weighted by Gasteiger charge is 2.35. The van der Waals surface area contributed by atoms with Gasteiger partial charge in [-0.05, 0) is 51.0 Å². The van der Waals surface area contributed by atoms with Crippen LogP contribution in [0.1, 0.15) is 31.4 Å². The molecule has 7 heteroatoms. The van der Waals surface area contributed by atoms with Gasteiger partial charge < -0.3 is 4.74 Å². The number of aryl methyl sites for hydroxylation is 1. The van der Waals surface area contributed by atoms with Gasteiger partial charge in [0.1, 0.15) is 11.6 Å².